The molecule has 0 radical (unpaired) electrons. The summed E-state index contributed by atoms with van der Waals surface area (Å²) in [5, 5.41) is 3.86. The molecule has 2 heterocycles. The van der Waals surface area contributed by atoms with Crippen LogP contribution in [0.3, 0.4) is 0 Å². The molecule has 0 saturated carbocycles. The van der Waals surface area contributed by atoms with Crippen molar-refractivity contribution in [3.8, 4) is 22.8 Å². The second-order valence-electron chi connectivity index (χ2n) is 3.69. The molecule has 0 N–H and O–H groups in total. The lowest BCUT2D eigenvalue weighted by atomic mass is 10.1. The minimum atomic E-state index is 0.589. The van der Waals surface area contributed by atoms with E-state index in [1.165, 1.54) is 0 Å². The van der Waals surface area contributed by atoms with E-state index in [0.29, 0.717) is 13.2 Å². The maximum atomic E-state index is 5.51. The number of rotatable bonds is 1. The van der Waals surface area contributed by atoms with Gasteiger partial charge in [-0.2, -0.15) is 0 Å². The molecule has 16 heavy (non-hydrogen) atoms. The Labute approximate surface area is 92.8 Å². The molecule has 0 unspecified atom stereocenters. The molecule has 4 nitrogen and oxygen atoms in total. The molecule has 1 aliphatic rings. The zero-order chi connectivity index (χ0) is 11.0. The summed E-state index contributed by atoms with van der Waals surface area (Å²) < 4.78 is 16.1. The first-order chi connectivity index (χ1) is 7.83. The molecule has 0 aliphatic carbocycles. The number of aryl methyl sites for hydroxylation is 1. The topological polar surface area (TPSA) is 44.5 Å². The Morgan fingerprint density at radius 2 is 1.88 bits per heavy atom. The van der Waals surface area contributed by atoms with Crippen LogP contribution in [-0.4, -0.2) is 18.4 Å². The van der Waals surface area contributed by atoms with Crippen LogP contribution in [0.4, 0.5) is 0 Å². The Morgan fingerprint density at radius 3 is 2.62 bits per heavy atom. The number of benzene rings is 1. The van der Waals surface area contributed by atoms with Gasteiger partial charge in [-0.3, -0.25) is 0 Å². The van der Waals surface area contributed by atoms with Gasteiger partial charge in [0.2, 0.25) is 0 Å². The Kier molecular flexibility index (Phi) is 2.06. The molecule has 82 valence electrons. The molecule has 1 aromatic heterocycles. The Balaban J connectivity index is 2.02. The summed E-state index contributed by atoms with van der Waals surface area (Å²) in [6, 6.07) is 7.63. The van der Waals surface area contributed by atoms with Crippen LogP contribution in [0.15, 0.2) is 28.8 Å². The van der Waals surface area contributed by atoms with Gasteiger partial charge in [0.25, 0.3) is 0 Å². The summed E-state index contributed by atoms with van der Waals surface area (Å²) in [6.45, 7) is 3.09. The van der Waals surface area contributed by atoms with Gasteiger partial charge in [-0.05, 0) is 25.1 Å². The standard InChI is InChI=1S/C12H11NO3/c1-8-6-11(16-13-8)9-2-3-10-12(7-9)15-5-4-14-10/h2-3,6-7H,4-5H2,1H3. The highest BCUT2D eigenvalue weighted by molar-refractivity contribution is 5.62. The largest absolute Gasteiger partial charge is 0.486 e. The van der Waals surface area contributed by atoms with E-state index in [-0.39, 0.29) is 0 Å². The monoisotopic (exact) mass is 217 g/mol. The van der Waals surface area contributed by atoms with Crippen molar-refractivity contribution in [2.75, 3.05) is 13.2 Å². The summed E-state index contributed by atoms with van der Waals surface area (Å²) in [5.41, 5.74) is 1.81. The van der Waals surface area contributed by atoms with Gasteiger partial charge in [0.15, 0.2) is 17.3 Å². The van der Waals surface area contributed by atoms with Crippen molar-refractivity contribution >= 4 is 0 Å². The minimum absolute atomic E-state index is 0.589. The molecule has 0 bridgehead atoms. The van der Waals surface area contributed by atoms with Crippen LogP contribution >= 0.6 is 0 Å². The third-order valence-electron chi connectivity index (χ3n) is 2.45. The molecule has 0 amide bonds. The van der Waals surface area contributed by atoms with Crippen molar-refractivity contribution in [2.45, 2.75) is 6.92 Å². The second-order valence-corrected chi connectivity index (χ2v) is 3.69. The molecule has 3 rings (SSSR count). The van der Waals surface area contributed by atoms with E-state index in [9.17, 15) is 0 Å². The average molecular weight is 217 g/mol. The minimum Gasteiger partial charge on any atom is -0.486 e. The first-order valence-electron chi connectivity index (χ1n) is 5.16. The molecule has 1 aliphatic heterocycles. The smallest absolute Gasteiger partial charge is 0.167 e. The van der Waals surface area contributed by atoms with Crippen molar-refractivity contribution < 1.29 is 14.0 Å². The van der Waals surface area contributed by atoms with E-state index < -0.39 is 0 Å². The number of fused-ring (bicyclic) bond motifs is 1. The summed E-state index contributed by atoms with van der Waals surface area (Å²) >= 11 is 0. The summed E-state index contributed by atoms with van der Waals surface area (Å²) in [7, 11) is 0. The molecule has 0 fully saturated rings. The lowest BCUT2D eigenvalue weighted by molar-refractivity contribution is 0.171. The molecule has 4 heteroatoms. The third kappa shape index (κ3) is 1.52. The molecule has 2 aromatic rings. The molecule has 0 atom stereocenters. The van der Waals surface area contributed by atoms with E-state index in [4.69, 9.17) is 14.0 Å². The highest BCUT2D eigenvalue weighted by atomic mass is 16.6. The molecular weight excluding hydrogens is 206 g/mol. The van der Waals surface area contributed by atoms with Gasteiger partial charge in [0.1, 0.15) is 13.2 Å². The lowest BCUT2D eigenvalue weighted by Crippen LogP contribution is -2.15. The quantitative estimate of drug-likeness (QED) is 0.735. The van der Waals surface area contributed by atoms with E-state index in [0.717, 1.165) is 28.5 Å². The SMILES string of the molecule is Cc1cc(-c2ccc3c(c2)OCCO3)on1. The first-order valence-corrected chi connectivity index (χ1v) is 5.16. The van der Waals surface area contributed by atoms with Crippen molar-refractivity contribution in [3.05, 3.63) is 30.0 Å². The van der Waals surface area contributed by atoms with Crippen molar-refractivity contribution in [3.63, 3.8) is 0 Å². The zero-order valence-corrected chi connectivity index (χ0v) is 8.90. The van der Waals surface area contributed by atoms with Crippen LogP contribution in [0.1, 0.15) is 5.69 Å². The fourth-order valence-electron chi connectivity index (χ4n) is 1.70. The van der Waals surface area contributed by atoms with Crippen LogP contribution in [0.2, 0.25) is 0 Å². The highest BCUT2D eigenvalue weighted by Crippen LogP contribution is 2.34. The van der Waals surface area contributed by atoms with Gasteiger partial charge in [0, 0.05) is 11.6 Å². The highest BCUT2D eigenvalue weighted by Gasteiger charge is 2.13. The lowest BCUT2D eigenvalue weighted by Gasteiger charge is -2.18. The molecule has 1 aromatic carbocycles. The maximum absolute atomic E-state index is 5.51. The molecular formula is C12H11NO3. The summed E-state index contributed by atoms with van der Waals surface area (Å²) in [6.07, 6.45) is 0. The number of hydrogen-bond donors (Lipinski definition) is 0. The van der Waals surface area contributed by atoms with Crippen LogP contribution in [0.5, 0.6) is 11.5 Å². The van der Waals surface area contributed by atoms with Crippen LogP contribution < -0.4 is 9.47 Å². The fourth-order valence-corrected chi connectivity index (χ4v) is 1.70. The second kappa shape index (κ2) is 3.56. The molecule has 0 spiro atoms. The van der Waals surface area contributed by atoms with E-state index in [2.05, 4.69) is 5.16 Å². The van der Waals surface area contributed by atoms with Crippen LogP contribution in [-0.2, 0) is 0 Å². The van der Waals surface area contributed by atoms with Gasteiger partial charge in [-0.15, -0.1) is 0 Å². The van der Waals surface area contributed by atoms with Gasteiger partial charge >= 0.3 is 0 Å². The van der Waals surface area contributed by atoms with Crippen molar-refractivity contribution in [1.82, 2.24) is 5.16 Å². The van der Waals surface area contributed by atoms with Gasteiger partial charge in [-0.25, -0.2) is 0 Å². The number of aromatic nitrogens is 1. The van der Waals surface area contributed by atoms with Crippen LogP contribution in [0.25, 0.3) is 11.3 Å². The maximum Gasteiger partial charge on any atom is 0.167 e. The van der Waals surface area contributed by atoms with E-state index in [1.54, 1.807) is 0 Å². The third-order valence-corrected chi connectivity index (χ3v) is 2.45. The van der Waals surface area contributed by atoms with Gasteiger partial charge in [-0.1, -0.05) is 5.16 Å². The summed E-state index contributed by atoms with van der Waals surface area (Å²) in [4.78, 5) is 0. The Hall–Kier alpha value is -1.97. The van der Waals surface area contributed by atoms with Crippen LogP contribution in [0, 0.1) is 6.92 Å². The van der Waals surface area contributed by atoms with E-state index in [1.807, 2.05) is 31.2 Å². The van der Waals surface area contributed by atoms with E-state index >= 15 is 0 Å². The number of hydrogen-bond acceptors (Lipinski definition) is 4. The predicted molar refractivity (Wildman–Crippen MR) is 57.7 cm³/mol. The first kappa shape index (κ1) is 9.27. The zero-order valence-electron chi connectivity index (χ0n) is 8.90. The van der Waals surface area contributed by atoms with Crippen molar-refractivity contribution in [2.24, 2.45) is 0 Å². The Bertz CT molecular complexity index is 519. The fraction of sp³-hybridized carbons (Fsp3) is 0.250. The normalized spacial score (nSPS) is 13.8. The number of nitrogens with zero attached hydrogens (tertiary/aromatic N) is 1. The predicted octanol–water partition coefficient (Wildman–Crippen LogP) is 2.42. The number of ether oxygens (including phenoxy) is 2. The van der Waals surface area contributed by atoms with Crippen molar-refractivity contribution in [1.29, 1.82) is 0 Å². The summed E-state index contributed by atoms with van der Waals surface area (Å²) in [5.74, 6) is 2.29. The average Bonchev–Trinajstić information content (AvgIpc) is 2.75. The van der Waals surface area contributed by atoms with Gasteiger partial charge < -0.3 is 14.0 Å². The Morgan fingerprint density at radius 1 is 1.06 bits per heavy atom. The molecule has 0 saturated heterocycles. The van der Waals surface area contributed by atoms with Gasteiger partial charge in [0.05, 0.1) is 5.69 Å².